The van der Waals surface area contributed by atoms with Gasteiger partial charge in [0.15, 0.2) is 10.8 Å². The van der Waals surface area contributed by atoms with Crippen molar-refractivity contribution in [1.82, 2.24) is 4.98 Å². The Balaban J connectivity index is 1.85. The highest BCUT2D eigenvalue weighted by atomic mass is 32.1. The molecule has 4 nitrogen and oxygen atoms in total. The Labute approximate surface area is 120 Å². The molecule has 0 bridgehead atoms. The zero-order chi connectivity index (χ0) is 13.9. The second-order valence-electron chi connectivity index (χ2n) is 4.22. The highest BCUT2D eigenvalue weighted by Crippen LogP contribution is 2.28. The van der Waals surface area contributed by atoms with Crippen LogP contribution in [0.15, 0.2) is 53.1 Å². The van der Waals surface area contributed by atoms with Crippen LogP contribution in [0.3, 0.4) is 0 Å². The maximum absolute atomic E-state index is 12.2. The van der Waals surface area contributed by atoms with E-state index in [1.165, 1.54) is 11.3 Å². The summed E-state index contributed by atoms with van der Waals surface area (Å²) in [7, 11) is 0. The summed E-state index contributed by atoms with van der Waals surface area (Å²) in [6.45, 7) is 1.88. The number of carbonyl (C=O) groups is 1. The lowest BCUT2D eigenvalue weighted by atomic mass is 10.3. The fourth-order valence-corrected chi connectivity index (χ4v) is 2.70. The molecule has 0 unspecified atom stereocenters. The fourth-order valence-electron chi connectivity index (χ4n) is 1.82. The molecule has 0 saturated carbocycles. The van der Waals surface area contributed by atoms with Crippen LogP contribution in [0.1, 0.15) is 15.4 Å². The number of benzene rings is 1. The number of hydrogen-bond donors (Lipinski definition) is 1. The summed E-state index contributed by atoms with van der Waals surface area (Å²) in [6.07, 6.45) is 1.59. The summed E-state index contributed by atoms with van der Waals surface area (Å²) in [5.41, 5.74) is 1.19. The van der Waals surface area contributed by atoms with Gasteiger partial charge < -0.3 is 9.73 Å². The number of hydrogen-bond acceptors (Lipinski definition) is 4. The molecule has 1 N–H and O–H groups in total. The van der Waals surface area contributed by atoms with Crippen molar-refractivity contribution in [3.63, 3.8) is 0 Å². The van der Waals surface area contributed by atoms with Crippen LogP contribution in [0.25, 0.3) is 10.8 Å². The second-order valence-corrected chi connectivity index (χ2v) is 5.42. The van der Waals surface area contributed by atoms with Crippen molar-refractivity contribution in [3.05, 3.63) is 59.3 Å². The number of thiazole rings is 1. The van der Waals surface area contributed by atoms with Gasteiger partial charge in [0.2, 0.25) is 0 Å². The zero-order valence-electron chi connectivity index (χ0n) is 10.8. The number of carbonyl (C=O) groups excluding carboxylic acids is 1. The molecule has 0 aliphatic heterocycles. The Hall–Kier alpha value is -2.40. The van der Waals surface area contributed by atoms with Crippen molar-refractivity contribution < 1.29 is 9.21 Å². The summed E-state index contributed by atoms with van der Waals surface area (Å²) in [6, 6.07) is 13.0. The van der Waals surface area contributed by atoms with Gasteiger partial charge in [0, 0.05) is 10.6 Å². The first-order valence-corrected chi connectivity index (χ1v) is 6.93. The monoisotopic (exact) mass is 284 g/mol. The molecule has 1 aromatic carbocycles. The Morgan fingerprint density at radius 1 is 1.20 bits per heavy atom. The van der Waals surface area contributed by atoms with Gasteiger partial charge in [-0.25, -0.2) is 4.98 Å². The van der Waals surface area contributed by atoms with E-state index in [0.29, 0.717) is 16.5 Å². The van der Waals surface area contributed by atoms with Crippen molar-refractivity contribution in [3.8, 4) is 10.8 Å². The van der Waals surface area contributed by atoms with Crippen LogP contribution in [0.2, 0.25) is 0 Å². The molecule has 0 fully saturated rings. The number of para-hydroxylation sites is 1. The van der Waals surface area contributed by atoms with Gasteiger partial charge in [0.05, 0.1) is 6.26 Å². The topological polar surface area (TPSA) is 55.1 Å². The van der Waals surface area contributed by atoms with E-state index in [0.717, 1.165) is 10.6 Å². The third-order valence-electron chi connectivity index (χ3n) is 2.78. The van der Waals surface area contributed by atoms with E-state index in [1.54, 1.807) is 12.3 Å². The lowest BCUT2D eigenvalue weighted by Crippen LogP contribution is -2.13. The molecule has 100 valence electrons. The van der Waals surface area contributed by atoms with Crippen molar-refractivity contribution >= 4 is 22.9 Å². The summed E-state index contributed by atoms with van der Waals surface area (Å²) in [5.74, 6) is 0.472. The molecule has 3 rings (SSSR count). The van der Waals surface area contributed by atoms with Gasteiger partial charge in [-0.2, -0.15) is 0 Å². The van der Waals surface area contributed by atoms with Gasteiger partial charge in [0.1, 0.15) is 5.69 Å². The molecule has 5 heteroatoms. The van der Waals surface area contributed by atoms with Crippen molar-refractivity contribution in [2.24, 2.45) is 0 Å². The SMILES string of the molecule is Cc1sc(-c2ccco2)nc1C(=O)Nc1ccccc1. The number of anilines is 1. The normalized spacial score (nSPS) is 10.4. The number of amides is 1. The van der Waals surface area contributed by atoms with Crippen LogP contribution < -0.4 is 5.32 Å². The number of nitrogens with one attached hydrogen (secondary N) is 1. The zero-order valence-corrected chi connectivity index (χ0v) is 11.6. The van der Waals surface area contributed by atoms with E-state index in [-0.39, 0.29) is 5.91 Å². The van der Waals surface area contributed by atoms with E-state index in [9.17, 15) is 4.79 Å². The Morgan fingerprint density at radius 3 is 2.70 bits per heavy atom. The van der Waals surface area contributed by atoms with Crippen molar-refractivity contribution in [2.45, 2.75) is 6.92 Å². The van der Waals surface area contributed by atoms with Gasteiger partial charge in [-0.05, 0) is 31.2 Å². The summed E-state index contributed by atoms with van der Waals surface area (Å²) in [5, 5.41) is 3.55. The molecule has 0 aliphatic carbocycles. The van der Waals surface area contributed by atoms with Crippen molar-refractivity contribution in [2.75, 3.05) is 5.32 Å². The van der Waals surface area contributed by atoms with Gasteiger partial charge in [0.25, 0.3) is 5.91 Å². The molecule has 2 heterocycles. The van der Waals surface area contributed by atoms with Crippen LogP contribution in [-0.2, 0) is 0 Å². The fraction of sp³-hybridized carbons (Fsp3) is 0.0667. The highest BCUT2D eigenvalue weighted by molar-refractivity contribution is 7.15. The van der Waals surface area contributed by atoms with Crippen LogP contribution in [0.5, 0.6) is 0 Å². The average molecular weight is 284 g/mol. The molecule has 20 heavy (non-hydrogen) atoms. The standard InChI is InChI=1S/C15H12N2O2S/c1-10-13(14(18)16-11-6-3-2-4-7-11)17-15(20-10)12-8-5-9-19-12/h2-9H,1H3,(H,16,18). The first-order chi connectivity index (χ1) is 9.74. The van der Waals surface area contributed by atoms with E-state index in [4.69, 9.17) is 4.42 Å². The van der Waals surface area contributed by atoms with Crippen LogP contribution >= 0.6 is 11.3 Å². The van der Waals surface area contributed by atoms with E-state index in [1.807, 2.05) is 43.3 Å². The largest absolute Gasteiger partial charge is 0.462 e. The number of nitrogens with zero attached hydrogens (tertiary/aromatic N) is 1. The first-order valence-electron chi connectivity index (χ1n) is 6.12. The van der Waals surface area contributed by atoms with E-state index >= 15 is 0 Å². The Morgan fingerprint density at radius 2 is 2.00 bits per heavy atom. The van der Waals surface area contributed by atoms with Gasteiger partial charge in [-0.3, -0.25) is 4.79 Å². The third kappa shape index (κ3) is 2.48. The number of rotatable bonds is 3. The predicted molar refractivity (Wildman–Crippen MR) is 78.9 cm³/mol. The van der Waals surface area contributed by atoms with Crippen molar-refractivity contribution in [1.29, 1.82) is 0 Å². The highest BCUT2D eigenvalue weighted by Gasteiger charge is 2.17. The predicted octanol–water partition coefficient (Wildman–Crippen LogP) is 3.96. The summed E-state index contributed by atoms with van der Waals surface area (Å²) in [4.78, 5) is 17.4. The molecule has 3 aromatic rings. The Bertz CT molecular complexity index is 718. The smallest absolute Gasteiger partial charge is 0.275 e. The molecular weight excluding hydrogens is 272 g/mol. The van der Waals surface area contributed by atoms with Gasteiger partial charge in [-0.1, -0.05) is 18.2 Å². The summed E-state index contributed by atoms with van der Waals surface area (Å²) < 4.78 is 5.30. The van der Waals surface area contributed by atoms with E-state index in [2.05, 4.69) is 10.3 Å². The molecule has 0 aliphatic rings. The van der Waals surface area contributed by atoms with Gasteiger partial charge >= 0.3 is 0 Å². The molecular formula is C15H12N2O2S. The maximum Gasteiger partial charge on any atom is 0.275 e. The minimum atomic E-state index is -0.206. The summed E-state index contributed by atoms with van der Waals surface area (Å²) >= 11 is 1.45. The molecule has 2 aromatic heterocycles. The average Bonchev–Trinajstić information content (AvgIpc) is 3.08. The van der Waals surface area contributed by atoms with Crippen LogP contribution in [-0.4, -0.2) is 10.9 Å². The molecule has 0 saturated heterocycles. The lowest BCUT2D eigenvalue weighted by molar-refractivity contribution is 0.102. The number of aryl methyl sites for hydroxylation is 1. The third-order valence-corrected chi connectivity index (χ3v) is 3.76. The molecule has 0 atom stereocenters. The number of aromatic nitrogens is 1. The minimum absolute atomic E-state index is 0.206. The minimum Gasteiger partial charge on any atom is -0.462 e. The number of furan rings is 1. The first kappa shape index (κ1) is 12.6. The quantitative estimate of drug-likeness (QED) is 0.792. The second kappa shape index (κ2) is 5.30. The molecule has 0 spiro atoms. The maximum atomic E-state index is 12.2. The van der Waals surface area contributed by atoms with E-state index < -0.39 is 0 Å². The molecule has 1 amide bonds. The van der Waals surface area contributed by atoms with Gasteiger partial charge in [-0.15, -0.1) is 11.3 Å². The van der Waals surface area contributed by atoms with Crippen LogP contribution in [0.4, 0.5) is 5.69 Å². The lowest BCUT2D eigenvalue weighted by Gasteiger charge is -2.02. The molecule has 0 radical (unpaired) electrons. The van der Waals surface area contributed by atoms with Crippen LogP contribution in [0, 0.1) is 6.92 Å². The Kier molecular flexibility index (Phi) is 3.35.